The molecule has 2 aromatic rings. The van der Waals surface area contributed by atoms with E-state index in [1.807, 2.05) is 12.1 Å². The Morgan fingerprint density at radius 3 is 2.69 bits per heavy atom. The smallest absolute Gasteiger partial charge is 0.208 e. The van der Waals surface area contributed by atoms with Crippen LogP contribution in [-0.2, 0) is 26.8 Å². The van der Waals surface area contributed by atoms with Crippen molar-refractivity contribution in [3.8, 4) is 5.75 Å². The monoisotopic (exact) mass is 464 g/mol. The third-order valence-corrected chi connectivity index (χ3v) is 7.53. The van der Waals surface area contributed by atoms with Crippen LogP contribution in [0, 0.1) is 0 Å². The maximum Gasteiger partial charge on any atom is 0.208 e. The van der Waals surface area contributed by atoms with Gasteiger partial charge >= 0.3 is 0 Å². The summed E-state index contributed by atoms with van der Waals surface area (Å²) in [7, 11) is -3.31. The van der Waals surface area contributed by atoms with Crippen molar-refractivity contribution in [2.45, 2.75) is 75.0 Å². The number of nitrogens with zero attached hydrogens (tertiary/aromatic N) is 1. The number of aliphatic hydroxyl groups excluding tert-OH is 1. The molecule has 0 aliphatic heterocycles. The molecule has 9 heteroatoms. The normalized spacial score (nSPS) is 28.8. The van der Waals surface area contributed by atoms with Gasteiger partial charge in [0.25, 0.3) is 0 Å². The number of hydrogen-bond donors (Lipinski definition) is 3. The summed E-state index contributed by atoms with van der Waals surface area (Å²) in [6.45, 7) is 0.201. The molecule has 8 nitrogen and oxygen atoms in total. The second kappa shape index (κ2) is 9.51. The molecular weight excluding hydrogens is 432 g/mol. The number of benzene rings is 1. The van der Waals surface area contributed by atoms with Crippen molar-refractivity contribution < 1.29 is 27.8 Å². The number of oxazole rings is 1. The molecule has 32 heavy (non-hydrogen) atoms. The van der Waals surface area contributed by atoms with Crippen LogP contribution < -0.4 is 4.72 Å². The van der Waals surface area contributed by atoms with Gasteiger partial charge in [-0.15, -0.1) is 0 Å². The van der Waals surface area contributed by atoms with E-state index in [1.165, 1.54) is 18.1 Å². The number of ether oxygens (including phenoxy) is 1. The van der Waals surface area contributed by atoms with E-state index >= 15 is 0 Å². The van der Waals surface area contributed by atoms with E-state index in [2.05, 4.69) is 15.8 Å². The fourth-order valence-electron chi connectivity index (χ4n) is 5.16. The number of nitrogens with one attached hydrogen (secondary N) is 1. The lowest BCUT2D eigenvalue weighted by molar-refractivity contribution is -0.0101. The standard InChI is InChI=1S/C23H32N2O6S/c1-32(28,29)25-18-9-10-23(12-18,22-24-19(13-26)14-30-22)15-31-21-7-5-16(6-8-21)17-3-2-4-20(27)11-17/h2-4,11,14,16,18,21,25-27H,5-10,12-13,15H2,1H3. The van der Waals surface area contributed by atoms with E-state index in [-0.39, 0.29) is 18.8 Å². The van der Waals surface area contributed by atoms with Crippen molar-refractivity contribution in [1.29, 1.82) is 0 Å². The molecule has 2 aliphatic carbocycles. The quantitative estimate of drug-likeness (QED) is 0.549. The molecule has 2 aliphatic rings. The van der Waals surface area contributed by atoms with Crippen molar-refractivity contribution in [3.63, 3.8) is 0 Å². The number of sulfonamides is 1. The predicted octanol–water partition coefficient (Wildman–Crippen LogP) is 2.96. The molecule has 0 amide bonds. The third kappa shape index (κ3) is 5.51. The van der Waals surface area contributed by atoms with Crippen LogP contribution in [0.4, 0.5) is 0 Å². The van der Waals surface area contributed by atoms with Crippen LogP contribution in [0.25, 0.3) is 0 Å². The topological polar surface area (TPSA) is 122 Å². The van der Waals surface area contributed by atoms with Crippen molar-refractivity contribution in [2.24, 2.45) is 0 Å². The zero-order valence-corrected chi connectivity index (χ0v) is 19.2. The maximum absolute atomic E-state index is 11.7. The first-order valence-corrected chi connectivity index (χ1v) is 13.1. The van der Waals surface area contributed by atoms with Gasteiger partial charge in [-0.25, -0.2) is 18.1 Å². The van der Waals surface area contributed by atoms with Crippen LogP contribution in [0.1, 0.15) is 68.0 Å². The van der Waals surface area contributed by atoms with E-state index < -0.39 is 15.4 Å². The Labute approximate surface area is 189 Å². The molecule has 2 atom stereocenters. The van der Waals surface area contributed by atoms with Gasteiger partial charge < -0.3 is 19.4 Å². The highest BCUT2D eigenvalue weighted by Gasteiger charge is 2.46. The second-order valence-electron chi connectivity index (χ2n) is 9.29. The molecule has 0 spiro atoms. The number of hydrogen-bond acceptors (Lipinski definition) is 7. The summed E-state index contributed by atoms with van der Waals surface area (Å²) in [4.78, 5) is 4.44. The van der Waals surface area contributed by atoms with Crippen LogP contribution in [0.3, 0.4) is 0 Å². The Kier molecular flexibility index (Phi) is 6.90. The van der Waals surface area contributed by atoms with Gasteiger partial charge in [0.1, 0.15) is 17.7 Å². The molecule has 1 heterocycles. The lowest BCUT2D eigenvalue weighted by Crippen LogP contribution is -2.37. The first-order valence-electron chi connectivity index (χ1n) is 11.2. The first-order chi connectivity index (χ1) is 15.3. The van der Waals surface area contributed by atoms with Crippen molar-refractivity contribution in [1.82, 2.24) is 9.71 Å². The summed E-state index contributed by atoms with van der Waals surface area (Å²) in [6, 6.07) is 7.29. The molecule has 0 saturated heterocycles. The molecule has 2 unspecified atom stereocenters. The highest BCUT2D eigenvalue weighted by atomic mass is 32.2. The largest absolute Gasteiger partial charge is 0.508 e. The van der Waals surface area contributed by atoms with Crippen LogP contribution in [0.2, 0.25) is 0 Å². The summed E-state index contributed by atoms with van der Waals surface area (Å²) in [5, 5.41) is 19.1. The highest BCUT2D eigenvalue weighted by Crippen LogP contribution is 2.43. The summed E-state index contributed by atoms with van der Waals surface area (Å²) >= 11 is 0. The molecule has 4 rings (SSSR count). The Bertz CT molecular complexity index is 1010. The third-order valence-electron chi connectivity index (χ3n) is 6.77. The number of phenols is 1. The molecule has 1 aromatic carbocycles. The van der Waals surface area contributed by atoms with Crippen molar-refractivity contribution >= 4 is 10.0 Å². The molecule has 2 fully saturated rings. The summed E-state index contributed by atoms with van der Waals surface area (Å²) in [5.41, 5.74) is 1.12. The average molecular weight is 465 g/mol. The van der Waals surface area contributed by atoms with Gasteiger partial charge in [-0.3, -0.25) is 0 Å². The van der Waals surface area contributed by atoms with E-state index in [9.17, 15) is 18.6 Å². The first kappa shape index (κ1) is 23.2. The Morgan fingerprint density at radius 2 is 2.03 bits per heavy atom. The fourth-order valence-corrected chi connectivity index (χ4v) is 5.97. The van der Waals surface area contributed by atoms with Crippen LogP contribution in [0.5, 0.6) is 5.75 Å². The molecule has 0 bridgehead atoms. The molecular formula is C23H32N2O6S. The predicted molar refractivity (Wildman–Crippen MR) is 119 cm³/mol. The minimum atomic E-state index is -3.31. The Morgan fingerprint density at radius 1 is 1.25 bits per heavy atom. The van der Waals surface area contributed by atoms with Gasteiger partial charge in [-0.2, -0.15) is 0 Å². The number of aromatic hydroxyl groups is 1. The van der Waals surface area contributed by atoms with Gasteiger partial charge in [0, 0.05) is 6.04 Å². The SMILES string of the molecule is CS(=O)(=O)NC1CCC(COC2CCC(c3cccc(O)c3)CC2)(c2nc(CO)co2)C1. The van der Waals surface area contributed by atoms with Crippen LogP contribution in [-0.4, -0.2) is 48.6 Å². The fraction of sp³-hybridized carbons (Fsp3) is 0.609. The Hall–Kier alpha value is -1.94. The van der Waals surface area contributed by atoms with E-state index in [1.54, 1.807) is 6.07 Å². The minimum absolute atomic E-state index is 0.120. The van der Waals surface area contributed by atoms with Gasteiger partial charge in [0.05, 0.1) is 31.0 Å². The molecule has 176 valence electrons. The van der Waals surface area contributed by atoms with Crippen LogP contribution in [0.15, 0.2) is 34.9 Å². The number of aliphatic hydroxyl groups is 1. The molecule has 0 radical (unpaired) electrons. The van der Waals surface area contributed by atoms with E-state index in [0.717, 1.165) is 25.7 Å². The highest BCUT2D eigenvalue weighted by molar-refractivity contribution is 7.88. The van der Waals surface area contributed by atoms with E-state index in [4.69, 9.17) is 9.15 Å². The molecule has 1 aromatic heterocycles. The maximum atomic E-state index is 11.7. The lowest BCUT2D eigenvalue weighted by Gasteiger charge is -2.32. The molecule has 2 saturated carbocycles. The molecule has 3 N–H and O–H groups in total. The van der Waals surface area contributed by atoms with Gasteiger partial charge in [0.15, 0.2) is 0 Å². The van der Waals surface area contributed by atoms with Gasteiger partial charge in [-0.1, -0.05) is 12.1 Å². The van der Waals surface area contributed by atoms with Crippen molar-refractivity contribution in [3.05, 3.63) is 47.7 Å². The van der Waals surface area contributed by atoms with Crippen LogP contribution >= 0.6 is 0 Å². The number of phenolic OH excluding ortho intramolecular Hbond substituents is 1. The second-order valence-corrected chi connectivity index (χ2v) is 11.1. The van der Waals surface area contributed by atoms with E-state index in [0.29, 0.717) is 49.1 Å². The summed E-state index contributed by atoms with van der Waals surface area (Å²) in [5.74, 6) is 1.23. The zero-order valence-electron chi connectivity index (χ0n) is 18.4. The van der Waals surface area contributed by atoms with Gasteiger partial charge in [0.2, 0.25) is 15.9 Å². The average Bonchev–Trinajstić information content (AvgIpc) is 3.39. The minimum Gasteiger partial charge on any atom is -0.508 e. The van der Waals surface area contributed by atoms with Gasteiger partial charge in [-0.05, 0) is 68.6 Å². The summed E-state index contributed by atoms with van der Waals surface area (Å²) in [6.07, 6.45) is 8.50. The summed E-state index contributed by atoms with van der Waals surface area (Å²) < 4.78 is 38.2. The van der Waals surface area contributed by atoms with Crippen molar-refractivity contribution in [2.75, 3.05) is 12.9 Å². The lowest BCUT2D eigenvalue weighted by atomic mass is 9.82. The zero-order chi connectivity index (χ0) is 22.8. The Balaban J connectivity index is 1.40. The number of aromatic nitrogens is 1. The number of rotatable bonds is 8.